The van der Waals surface area contributed by atoms with Gasteiger partial charge < -0.3 is 24.7 Å². The van der Waals surface area contributed by atoms with Gasteiger partial charge in [0.2, 0.25) is 0 Å². The maximum atomic E-state index is 13.1. The first-order valence-electron chi connectivity index (χ1n) is 12.0. The van der Waals surface area contributed by atoms with Gasteiger partial charge in [-0.25, -0.2) is 0 Å². The number of rotatable bonds is 9. The molecule has 1 heterocycles. The first-order valence-corrected chi connectivity index (χ1v) is 12.0. The minimum absolute atomic E-state index is 0.164. The Bertz CT molecular complexity index is 1500. The van der Waals surface area contributed by atoms with Gasteiger partial charge in [-0.15, -0.1) is 13.2 Å². The zero-order valence-corrected chi connectivity index (χ0v) is 21.0. The molecule has 4 aromatic rings. The summed E-state index contributed by atoms with van der Waals surface area (Å²) in [7, 11) is 1.52. The van der Waals surface area contributed by atoms with Gasteiger partial charge in [-0.1, -0.05) is 48.8 Å². The molecule has 4 rings (SSSR count). The third-order valence-corrected chi connectivity index (χ3v) is 6.09. The molecule has 2 atom stereocenters. The van der Waals surface area contributed by atoms with Crippen LogP contribution < -0.4 is 10.1 Å². The lowest BCUT2D eigenvalue weighted by Gasteiger charge is -2.23. The second-order valence-electron chi connectivity index (χ2n) is 8.77. The zero-order chi connectivity index (χ0) is 28.0. The first kappa shape index (κ1) is 27.8. The molecule has 0 bridgehead atoms. The standard InChI is InChI=1S/C30H27F3N2O4/c1-19(38-2)22-12-9-20(10-13-22)7-8-21-11-14-28(39-30(31,32)33)26(15-21)29(37)35-24(18-36)16-23-17-34-27-6-4-3-5-25(23)27/h3-6,9-15,17,24,29,34-37H,1,16,18H2,2H3. The van der Waals surface area contributed by atoms with Crippen molar-refractivity contribution in [3.8, 4) is 17.6 Å². The van der Waals surface area contributed by atoms with Gasteiger partial charge in [0.1, 0.15) is 17.7 Å². The molecular weight excluding hydrogens is 509 g/mol. The summed E-state index contributed by atoms with van der Waals surface area (Å²) < 4.78 is 48.5. The molecule has 0 aliphatic carbocycles. The van der Waals surface area contributed by atoms with E-state index in [1.807, 2.05) is 24.3 Å². The normalized spacial score (nSPS) is 12.9. The van der Waals surface area contributed by atoms with Gasteiger partial charge in [0.15, 0.2) is 0 Å². The Hall–Kier alpha value is -4.23. The van der Waals surface area contributed by atoms with Gasteiger partial charge in [0, 0.05) is 45.4 Å². The maximum absolute atomic E-state index is 13.1. The summed E-state index contributed by atoms with van der Waals surface area (Å²) in [5.74, 6) is 5.78. The van der Waals surface area contributed by atoms with Crippen LogP contribution in [-0.4, -0.2) is 41.3 Å². The summed E-state index contributed by atoms with van der Waals surface area (Å²) in [6.45, 7) is 3.43. The summed E-state index contributed by atoms with van der Waals surface area (Å²) in [5, 5.41) is 24.6. The van der Waals surface area contributed by atoms with Gasteiger partial charge in [-0.05, 0) is 48.4 Å². The Labute approximate surface area is 223 Å². The van der Waals surface area contributed by atoms with E-state index in [0.29, 0.717) is 23.3 Å². The quantitative estimate of drug-likeness (QED) is 0.133. The van der Waals surface area contributed by atoms with Gasteiger partial charge in [-0.3, -0.25) is 5.32 Å². The van der Waals surface area contributed by atoms with Gasteiger partial charge in [0.25, 0.3) is 0 Å². The zero-order valence-electron chi connectivity index (χ0n) is 21.0. The van der Waals surface area contributed by atoms with Crippen molar-refractivity contribution in [3.63, 3.8) is 0 Å². The number of benzene rings is 3. The monoisotopic (exact) mass is 536 g/mol. The topological polar surface area (TPSA) is 86.7 Å². The predicted octanol–water partition coefficient (Wildman–Crippen LogP) is 5.27. The minimum atomic E-state index is -4.96. The van der Waals surface area contributed by atoms with Crippen LogP contribution in [0.15, 0.2) is 79.5 Å². The Kier molecular flexibility index (Phi) is 8.62. The number of methoxy groups -OCH3 is 1. The predicted molar refractivity (Wildman–Crippen MR) is 143 cm³/mol. The summed E-state index contributed by atoms with van der Waals surface area (Å²) in [6, 6.07) is 17.9. The molecule has 6 nitrogen and oxygen atoms in total. The number of hydrogen-bond donors (Lipinski definition) is 4. The number of ether oxygens (including phenoxy) is 2. The van der Waals surface area contributed by atoms with Crippen molar-refractivity contribution in [2.24, 2.45) is 0 Å². The van der Waals surface area contributed by atoms with Gasteiger partial charge in [0.05, 0.1) is 13.7 Å². The molecule has 0 fully saturated rings. The molecule has 2 unspecified atom stereocenters. The van der Waals surface area contributed by atoms with E-state index in [0.717, 1.165) is 28.1 Å². The average molecular weight is 537 g/mol. The fourth-order valence-electron chi connectivity index (χ4n) is 4.11. The third kappa shape index (κ3) is 7.21. The SMILES string of the molecule is C=C(OC)c1ccc(C#Cc2ccc(OC(F)(F)F)c(C(O)NC(CO)Cc3c[nH]c4ccccc34)c2)cc1. The average Bonchev–Trinajstić information content (AvgIpc) is 3.33. The van der Waals surface area contributed by atoms with Crippen LogP contribution in [-0.2, 0) is 11.2 Å². The second kappa shape index (κ2) is 12.1. The van der Waals surface area contributed by atoms with Crippen molar-refractivity contribution in [3.05, 3.63) is 107 Å². The highest BCUT2D eigenvalue weighted by Gasteiger charge is 2.33. The van der Waals surface area contributed by atoms with E-state index in [1.54, 1.807) is 30.5 Å². The lowest BCUT2D eigenvalue weighted by Crippen LogP contribution is -2.37. The van der Waals surface area contributed by atoms with Crippen LogP contribution in [0.3, 0.4) is 0 Å². The fourth-order valence-corrected chi connectivity index (χ4v) is 4.11. The smallest absolute Gasteiger partial charge is 0.497 e. The summed E-state index contributed by atoms with van der Waals surface area (Å²) in [4.78, 5) is 3.14. The van der Waals surface area contributed by atoms with Crippen molar-refractivity contribution >= 4 is 16.7 Å². The van der Waals surface area contributed by atoms with Crippen LogP contribution in [0.4, 0.5) is 13.2 Å². The number of hydrogen-bond acceptors (Lipinski definition) is 5. The van der Waals surface area contributed by atoms with Gasteiger partial charge >= 0.3 is 6.36 Å². The van der Waals surface area contributed by atoms with Crippen molar-refractivity contribution in [1.29, 1.82) is 0 Å². The molecule has 9 heteroatoms. The summed E-state index contributed by atoms with van der Waals surface area (Å²) in [6.07, 6.45) is -4.42. The Morgan fingerprint density at radius 3 is 2.44 bits per heavy atom. The lowest BCUT2D eigenvalue weighted by atomic mass is 10.0. The third-order valence-electron chi connectivity index (χ3n) is 6.09. The van der Waals surface area contributed by atoms with Crippen molar-refractivity contribution in [2.45, 2.75) is 25.1 Å². The number of H-pyrrole nitrogens is 1. The number of aliphatic hydroxyl groups is 2. The highest BCUT2D eigenvalue weighted by atomic mass is 19.4. The molecule has 0 saturated carbocycles. The largest absolute Gasteiger partial charge is 0.573 e. The number of aliphatic hydroxyl groups excluding tert-OH is 2. The van der Waals surface area contributed by atoms with Crippen molar-refractivity contribution < 1.29 is 32.9 Å². The van der Waals surface area contributed by atoms with Gasteiger partial charge in [-0.2, -0.15) is 0 Å². The number of fused-ring (bicyclic) bond motifs is 1. The molecule has 202 valence electrons. The molecule has 0 aliphatic rings. The van der Waals surface area contributed by atoms with Crippen LogP contribution >= 0.6 is 0 Å². The number of nitrogens with one attached hydrogen (secondary N) is 2. The molecule has 1 aromatic heterocycles. The Morgan fingerprint density at radius 2 is 1.74 bits per heavy atom. The van der Waals surface area contributed by atoms with Crippen LogP contribution in [0.5, 0.6) is 5.75 Å². The molecule has 0 saturated heterocycles. The van der Waals surface area contributed by atoms with E-state index in [2.05, 4.69) is 33.5 Å². The summed E-state index contributed by atoms with van der Waals surface area (Å²) >= 11 is 0. The molecule has 4 N–H and O–H groups in total. The number of halogens is 3. The van der Waals surface area contributed by atoms with Crippen LogP contribution in [0, 0.1) is 11.8 Å². The molecular formula is C30H27F3N2O4. The number of alkyl halides is 3. The van der Waals surface area contributed by atoms with E-state index in [4.69, 9.17) is 4.74 Å². The van der Waals surface area contributed by atoms with E-state index in [-0.39, 0.29) is 12.2 Å². The highest BCUT2D eigenvalue weighted by molar-refractivity contribution is 5.83. The van der Waals surface area contributed by atoms with E-state index >= 15 is 0 Å². The lowest BCUT2D eigenvalue weighted by molar-refractivity contribution is -0.275. The number of aromatic amines is 1. The molecule has 39 heavy (non-hydrogen) atoms. The van der Waals surface area contributed by atoms with E-state index in [1.165, 1.54) is 19.2 Å². The minimum Gasteiger partial charge on any atom is -0.497 e. The number of aromatic nitrogens is 1. The second-order valence-corrected chi connectivity index (χ2v) is 8.77. The molecule has 0 aliphatic heterocycles. The van der Waals surface area contributed by atoms with Crippen molar-refractivity contribution in [2.75, 3.05) is 13.7 Å². The van der Waals surface area contributed by atoms with Crippen molar-refractivity contribution in [1.82, 2.24) is 10.3 Å². The molecule has 3 aromatic carbocycles. The van der Waals surface area contributed by atoms with E-state index in [9.17, 15) is 23.4 Å². The molecule has 0 spiro atoms. The number of para-hydroxylation sites is 1. The fraction of sp³-hybridized carbons (Fsp3) is 0.200. The Morgan fingerprint density at radius 1 is 1.05 bits per heavy atom. The van der Waals surface area contributed by atoms with Crippen LogP contribution in [0.2, 0.25) is 0 Å². The van der Waals surface area contributed by atoms with Crippen LogP contribution in [0.25, 0.3) is 16.7 Å². The molecule has 0 amide bonds. The highest BCUT2D eigenvalue weighted by Crippen LogP contribution is 2.31. The molecule has 0 radical (unpaired) electrons. The Balaban J connectivity index is 1.57. The van der Waals surface area contributed by atoms with E-state index < -0.39 is 24.4 Å². The maximum Gasteiger partial charge on any atom is 0.573 e. The summed E-state index contributed by atoms with van der Waals surface area (Å²) in [5.41, 5.74) is 3.45. The van der Waals surface area contributed by atoms with Crippen LogP contribution in [0.1, 0.15) is 34.0 Å². The first-order chi connectivity index (χ1) is 18.7.